The first kappa shape index (κ1) is 12.8. The van der Waals surface area contributed by atoms with Crippen LogP contribution in [0.4, 0.5) is 0 Å². The van der Waals surface area contributed by atoms with Crippen molar-refractivity contribution in [3.05, 3.63) is 54.2 Å². The molecule has 104 valence electrons. The van der Waals surface area contributed by atoms with E-state index in [0.29, 0.717) is 5.92 Å². The first-order valence-corrected chi connectivity index (χ1v) is 6.95. The molecule has 1 heterocycles. The summed E-state index contributed by atoms with van der Waals surface area (Å²) in [5, 5.41) is 1.23. The van der Waals surface area contributed by atoms with Crippen LogP contribution in [0.25, 0.3) is 22.0 Å². The van der Waals surface area contributed by atoms with E-state index in [2.05, 4.69) is 49.2 Å². The first-order chi connectivity index (χ1) is 9.70. The van der Waals surface area contributed by atoms with E-state index in [1.165, 1.54) is 22.0 Å². The predicted molar refractivity (Wildman–Crippen MR) is 86.5 cm³/mol. The monoisotopic (exact) mass is 267 g/mol. The van der Waals surface area contributed by atoms with Gasteiger partial charge in [-0.1, -0.05) is 32.0 Å². The van der Waals surface area contributed by atoms with Crippen LogP contribution >= 0.6 is 0 Å². The van der Waals surface area contributed by atoms with Crippen LogP contribution in [-0.4, -0.2) is 12.1 Å². The summed E-state index contributed by atoms with van der Waals surface area (Å²) in [6.45, 7) is 4.45. The quantitative estimate of drug-likeness (QED) is 0.692. The highest BCUT2D eigenvalue weighted by atomic mass is 16.5. The third kappa shape index (κ3) is 2.07. The van der Waals surface area contributed by atoms with E-state index < -0.39 is 0 Å². The van der Waals surface area contributed by atoms with Gasteiger partial charge in [0, 0.05) is 18.7 Å². The van der Waals surface area contributed by atoms with Gasteiger partial charge in [-0.25, -0.2) is 0 Å². The van der Waals surface area contributed by atoms with E-state index in [0.717, 1.165) is 11.3 Å². The summed E-state index contributed by atoms with van der Waals surface area (Å²) in [6, 6.07) is 14.8. The summed E-state index contributed by atoms with van der Waals surface area (Å²) in [6.07, 6.45) is 1.99. The van der Waals surface area contributed by atoms with Gasteiger partial charge in [0.05, 0.1) is 7.11 Å². The Kier molecular flexibility index (Phi) is 3.23. The molecule has 1 N–H and O–H groups in total. The van der Waals surface area contributed by atoms with Crippen LogP contribution < -0.4 is 4.74 Å². The van der Waals surface area contributed by atoms with Gasteiger partial charge in [-0.2, -0.15) is 0 Å². The SMILES string of the molecule is COc1ccccc1-c1cc2cc[nH]c2cc1C(C)C.[HH]. The number of aromatic amines is 1. The largest absolute Gasteiger partial charge is 0.496 e. The third-order valence-corrected chi connectivity index (χ3v) is 3.74. The summed E-state index contributed by atoms with van der Waals surface area (Å²) in [5.74, 6) is 1.38. The smallest absolute Gasteiger partial charge is 0.126 e. The molecule has 3 rings (SSSR count). The maximum Gasteiger partial charge on any atom is 0.126 e. The molecule has 0 radical (unpaired) electrons. The molecule has 0 aliphatic rings. The maximum absolute atomic E-state index is 5.52. The Hall–Kier alpha value is -2.22. The molecule has 2 nitrogen and oxygen atoms in total. The molecule has 3 aromatic rings. The Morgan fingerprint density at radius 3 is 2.60 bits per heavy atom. The van der Waals surface area contributed by atoms with Gasteiger partial charge in [-0.15, -0.1) is 0 Å². The Bertz CT molecular complexity index is 746. The highest BCUT2D eigenvalue weighted by molar-refractivity contribution is 5.88. The average Bonchev–Trinajstić information content (AvgIpc) is 2.93. The number of aromatic nitrogens is 1. The van der Waals surface area contributed by atoms with E-state index in [-0.39, 0.29) is 1.43 Å². The first-order valence-electron chi connectivity index (χ1n) is 6.95. The number of H-pyrrole nitrogens is 1. The highest BCUT2D eigenvalue weighted by Gasteiger charge is 2.14. The Balaban J connectivity index is 0.00000161. The van der Waals surface area contributed by atoms with Crippen molar-refractivity contribution in [3.8, 4) is 16.9 Å². The molecule has 0 bridgehead atoms. The number of ether oxygens (including phenoxy) is 1. The lowest BCUT2D eigenvalue weighted by Gasteiger charge is -2.16. The van der Waals surface area contributed by atoms with Crippen molar-refractivity contribution in [1.29, 1.82) is 0 Å². The molecule has 0 aliphatic heterocycles. The molecule has 0 amide bonds. The van der Waals surface area contributed by atoms with Crippen LogP contribution in [0.5, 0.6) is 5.75 Å². The molecular formula is C18H21NO. The van der Waals surface area contributed by atoms with Gasteiger partial charge in [-0.05, 0) is 46.7 Å². The molecule has 0 fully saturated rings. The zero-order chi connectivity index (χ0) is 14.1. The van der Waals surface area contributed by atoms with Crippen molar-refractivity contribution in [2.24, 2.45) is 0 Å². The maximum atomic E-state index is 5.52. The summed E-state index contributed by atoms with van der Waals surface area (Å²) < 4.78 is 5.52. The zero-order valence-corrected chi connectivity index (χ0v) is 12.1. The third-order valence-electron chi connectivity index (χ3n) is 3.74. The lowest BCUT2D eigenvalue weighted by atomic mass is 9.91. The summed E-state index contributed by atoms with van der Waals surface area (Å²) >= 11 is 0. The van der Waals surface area contributed by atoms with E-state index >= 15 is 0 Å². The number of rotatable bonds is 3. The van der Waals surface area contributed by atoms with Crippen molar-refractivity contribution in [3.63, 3.8) is 0 Å². The topological polar surface area (TPSA) is 25.0 Å². The minimum absolute atomic E-state index is 0. The number of benzene rings is 2. The summed E-state index contributed by atoms with van der Waals surface area (Å²) in [4.78, 5) is 3.29. The van der Waals surface area contributed by atoms with E-state index in [1.807, 2.05) is 18.3 Å². The molecule has 20 heavy (non-hydrogen) atoms. The number of methoxy groups -OCH3 is 1. The van der Waals surface area contributed by atoms with Gasteiger partial charge in [0.2, 0.25) is 0 Å². The van der Waals surface area contributed by atoms with Gasteiger partial charge >= 0.3 is 0 Å². The standard InChI is InChI=1S/C18H19NO.H2/c1-12(2)15-11-17-13(8-9-19-17)10-16(15)14-6-4-5-7-18(14)20-3;/h4-12,19H,1-3H3;1H. The zero-order valence-electron chi connectivity index (χ0n) is 12.1. The second kappa shape index (κ2) is 5.04. The molecule has 0 atom stereocenters. The number of fused-ring (bicyclic) bond motifs is 1. The molecule has 2 aromatic carbocycles. The molecule has 0 saturated heterocycles. The molecule has 1 aromatic heterocycles. The summed E-state index contributed by atoms with van der Waals surface area (Å²) in [7, 11) is 1.72. The van der Waals surface area contributed by atoms with Crippen LogP contribution in [0, 0.1) is 0 Å². The van der Waals surface area contributed by atoms with Crippen molar-refractivity contribution < 1.29 is 6.16 Å². The molecule has 0 aliphatic carbocycles. The van der Waals surface area contributed by atoms with Gasteiger partial charge in [0.25, 0.3) is 0 Å². The van der Waals surface area contributed by atoms with Crippen molar-refractivity contribution in [2.75, 3.05) is 7.11 Å². The van der Waals surface area contributed by atoms with Crippen LogP contribution in [0.3, 0.4) is 0 Å². The van der Waals surface area contributed by atoms with Crippen molar-refractivity contribution in [1.82, 2.24) is 4.98 Å². The predicted octanol–water partition coefficient (Wildman–Crippen LogP) is 5.21. The Morgan fingerprint density at radius 2 is 1.85 bits per heavy atom. The molecular weight excluding hydrogens is 246 g/mol. The minimum atomic E-state index is 0. The molecule has 0 unspecified atom stereocenters. The number of hydrogen-bond donors (Lipinski definition) is 1. The van der Waals surface area contributed by atoms with E-state index in [4.69, 9.17) is 4.74 Å². The fourth-order valence-corrected chi connectivity index (χ4v) is 2.70. The minimum Gasteiger partial charge on any atom is -0.496 e. The van der Waals surface area contributed by atoms with Gasteiger partial charge in [-0.3, -0.25) is 0 Å². The van der Waals surface area contributed by atoms with Gasteiger partial charge in [0.1, 0.15) is 5.75 Å². The second-order valence-electron chi connectivity index (χ2n) is 5.36. The van der Waals surface area contributed by atoms with Crippen LogP contribution in [0.2, 0.25) is 0 Å². The van der Waals surface area contributed by atoms with E-state index in [1.54, 1.807) is 7.11 Å². The number of nitrogens with one attached hydrogen (secondary N) is 1. The molecule has 2 heteroatoms. The van der Waals surface area contributed by atoms with Gasteiger partial charge < -0.3 is 9.72 Å². The lowest BCUT2D eigenvalue weighted by molar-refractivity contribution is 0.416. The molecule has 0 spiro atoms. The van der Waals surface area contributed by atoms with Crippen molar-refractivity contribution >= 4 is 10.9 Å². The fourth-order valence-electron chi connectivity index (χ4n) is 2.70. The van der Waals surface area contributed by atoms with Crippen molar-refractivity contribution in [2.45, 2.75) is 19.8 Å². The molecule has 0 saturated carbocycles. The Labute approximate surface area is 120 Å². The number of hydrogen-bond acceptors (Lipinski definition) is 1. The van der Waals surface area contributed by atoms with Crippen LogP contribution in [-0.2, 0) is 0 Å². The summed E-state index contributed by atoms with van der Waals surface area (Å²) in [5.41, 5.74) is 4.93. The Morgan fingerprint density at radius 1 is 1.05 bits per heavy atom. The fraction of sp³-hybridized carbons (Fsp3) is 0.222. The van der Waals surface area contributed by atoms with E-state index in [9.17, 15) is 0 Å². The van der Waals surface area contributed by atoms with Gasteiger partial charge in [0.15, 0.2) is 0 Å². The normalized spacial score (nSPS) is 11.2. The lowest BCUT2D eigenvalue weighted by Crippen LogP contribution is -1.95. The average molecular weight is 267 g/mol. The second-order valence-corrected chi connectivity index (χ2v) is 5.36. The highest BCUT2D eigenvalue weighted by Crippen LogP contribution is 2.37. The van der Waals surface area contributed by atoms with Crippen LogP contribution in [0.1, 0.15) is 26.8 Å². The number of para-hydroxylation sites is 1. The van der Waals surface area contributed by atoms with Crippen LogP contribution in [0.15, 0.2) is 48.7 Å².